The Bertz CT molecular complexity index is 962. The van der Waals surface area contributed by atoms with Gasteiger partial charge in [0, 0.05) is 18.7 Å². The summed E-state index contributed by atoms with van der Waals surface area (Å²) in [5.74, 6) is 0. The lowest BCUT2D eigenvalue weighted by Crippen LogP contribution is -2.50. The first-order valence-corrected chi connectivity index (χ1v) is 10.3. The topological polar surface area (TPSA) is 68.1 Å². The molecule has 0 N–H and O–H groups in total. The van der Waals surface area contributed by atoms with Crippen LogP contribution >= 0.6 is 27.3 Å². The summed E-state index contributed by atoms with van der Waals surface area (Å²) < 4.78 is 29.4. The molecule has 6 nitrogen and oxygen atoms in total. The number of benzene rings is 1. The molecule has 0 spiro atoms. The van der Waals surface area contributed by atoms with Crippen LogP contribution in [-0.2, 0) is 10.0 Å². The van der Waals surface area contributed by atoms with Gasteiger partial charge in [-0.05, 0) is 28.1 Å². The molecule has 1 aliphatic rings. The molecule has 0 radical (unpaired) electrons. The summed E-state index contributed by atoms with van der Waals surface area (Å²) in [5.41, 5.74) is 1.79. The fourth-order valence-corrected chi connectivity index (χ4v) is 6.22. The van der Waals surface area contributed by atoms with E-state index >= 15 is 0 Å². The lowest BCUT2D eigenvalue weighted by Gasteiger charge is -2.37. The van der Waals surface area contributed by atoms with Gasteiger partial charge in [0.25, 0.3) is 10.0 Å². The van der Waals surface area contributed by atoms with E-state index in [9.17, 15) is 8.42 Å². The maximum atomic E-state index is 12.5. The van der Waals surface area contributed by atoms with Gasteiger partial charge in [-0.1, -0.05) is 35.5 Å². The molecule has 0 unspecified atom stereocenters. The standard InChI is InChI=1S/C15H13BrN4O2S2/c16-14-6-7-15(23-14)24(21,22)19-8-12(9-19)20-10-13(17-18-20)11-4-2-1-3-5-11/h1-7,10,12H,8-9H2. The predicted octanol–water partition coefficient (Wildman–Crippen LogP) is 3.01. The minimum absolute atomic E-state index is 0.0214. The molecule has 124 valence electrons. The van der Waals surface area contributed by atoms with E-state index in [4.69, 9.17) is 0 Å². The van der Waals surface area contributed by atoms with Crippen molar-refractivity contribution in [3.8, 4) is 11.3 Å². The second kappa shape index (κ2) is 6.07. The van der Waals surface area contributed by atoms with Crippen molar-refractivity contribution in [2.75, 3.05) is 13.1 Å². The molecule has 24 heavy (non-hydrogen) atoms. The highest BCUT2D eigenvalue weighted by atomic mass is 79.9. The summed E-state index contributed by atoms with van der Waals surface area (Å²) in [6.45, 7) is 0.824. The Morgan fingerprint density at radius 3 is 2.54 bits per heavy atom. The summed E-state index contributed by atoms with van der Waals surface area (Å²) >= 11 is 4.52. The van der Waals surface area contributed by atoms with Gasteiger partial charge in [0.05, 0.1) is 16.0 Å². The molecule has 0 amide bonds. The van der Waals surface area contributed by atoms with E-state index in [1.54, 1.807) is 16.8 Å². The second-order valence-electron chi connectivity index (χ2n) is 5.48. The third-order valence-corrected chi connectivity index (χ3v) is 7.85. The van der Waals surface area contributed by atoms with E-state index < -0.39 is 10.0 Å². The smallest absolute Gasteiger partial charge is 0.246 e. The van der Waals surface area contributed by atoms with E-state index in [1.807, 2.05) is 36.5 Å². The Morgan fingerprint density at radius 1 is 1.12 bits per heavy atom. The Kier molecular flexibility index (Phi) is 4.03. The van der Waals surface area contributed by atoms with Crippen molar-refractivity contribution in [2.24, 2.45) is 0 Å². The Hall–Kier alpha value is -1.55. The predicted molar refractivity (Wildman–Crippen MR) is 95.3 cm³/mol. The van der Waals surface area contributed by atoms with Gasteiger partial charge in [0.15, 0.2) is 0 Å². The van der Waals surface area contributed by atoms with Gasteiger partial charge in [-0.3, -0.25) is 0 Å². The largest absolute Gasteiger partial charge is 0.252 e. The van der Waals surface area contributed by atoms with E-state index in [1.165, 1.54) is 15.6 Å². The molecule has 0 aliphatic carbocycles. The molecule has 1 saturated heterocycles. The van der Waals surface area contributed by atoms with Crippen LogP contribution in [0.1, 0.15) is 6.04 Å². The van der Waals surface area contributed by atoms with Crippen LogP contribution in [0.2, 0.25) is 0 Å². The summed E-state index contributed by atoms with van der Waals surface area (Å²) in [6, 6.07) is 13.2. The zero-order valence-electron chi connectivity index (χ0n) is 12.4. The summed E-state index contributed by atoms with van der Waals surface area (Å²) in [5, 5.41) is 8.33. The van der Waals surface area contributed by atoms with Gasteiger partial charge >= 0.3 is 0 Å². The number of halogens is 1. The quantitative estimate of drug-likeness (QED) is 0.645. The van der Waals surface area contributed by atoms with Crippen LogP contribution in [0.15, 0.2) is 56.7 Å². The van der Waals surface area contributed by atoms with Gasteiger partial charge in [-0.2, -0.15) is 4.31 Å². The van der Waals surface area contributed by atoms with Crippen molar-refractivity contribution in [2.45, 2.75) is 10.3 Å². The number of hydrogen-bond donors (Lipinski definition) is 0. The number of thiophene rings is 1. The molecular weight excluding hydrogens is 412 g/mol. The summed E-state index contributed by atoms with van der Waals surface area (Å²) in [7, 11) is -3.41. The van der Waals surface area contributed by atoms with Crippen LogP contribution in [0, 0.1) is 0 Å². The molecule has 1 aromatic carbocycles. The first-order valence-electron chi connectivity index (χ1n) is 7.27. The Balaban J connectivity index is 1.47. The van der Waals surface area contributed by atoms with Crippen LogP contribution in [-0.4, -0.2) is 40.8 Å². The van der Waals surface area contributed by atoms with Crippen LogP contribution in [0.5, 0.6) is 0 Å². The first kappa shape index (κ1) is 15.9. The molecule has 3 heterocycles. The van der Waals surface area contributed by atoms with E-state index in [0.717, 1.165) is 15.0 Å². The summed E-state index contributed by atoms with van der Waals surface area (Å²) in [4.78, 5) is 0. The average Bonchev–Trinajstić information content (AvgIpc) is 3.16. The van der Waals surface area contributed by atoms with Crippen molar-refractivity contribution >= 4 is 37.3 Å². The number of hydrogen-bond acceptors (Lipinski definition) is 5. The zero-order chi connectivity index (χ0) is 16.7. The Labute approximate surface area is 151 Å². The number of rotatable bonds is 4. The van der Waals surface area contributed by atoms with Crippen molar-refractivity contribution in [3.05, 3.63) is 52.4 Å². The number of aromatic nitrogens is 3. The number of sulfonamides is 1. The van der Waals surface area contributed by atoms with Crippen LogP contribution in [0.25, 0.3) is 11.3 Å². The first-order chi connectivity index (χ1) is 11.5. The SMILES string of the molecule is O=S(=O)(c1ccc(Br)s1)N1CC(n2cc(-c3ccccc3)nn2)C1. The van der Waals surface area contributed by atoms with Gasteiger partial charge < -0.3 is 0 Å². The minimum atomic E-state index is -3.41. The molecule has 3 aromatic rings. The van der Waals surface area contributed by atoms with Crippen molar-refractivity contribution in [1.29, 1.82) is 0 Å². The molecule has 1 aliphatic heterocycles. The maximum Gasteiger partial charge on any atom is 0.252 e. The number of nitrogens with zero attached hydrogens (tertiary/aromatic N) is 4. The molecule has 0 bridgehead atoms. The van der Waals surface area contributed by atoms with Crippen molar-refractivity contribution in [1.82, 2.24) is 19.3 Å². The lowest BCUT2D eigenvalue weighted by atomic mass is 10.1. The molecule has 0 atom stereocenters. The summed E-state index contributed by atoms with van der Waals surface area (Å²) in [6.07, 6.45) is 1.87. The highest BCUT2D eigenvalue weighted by Crippen LogP contribution is 2.33. The maximum absolute atomic E-state index is 12.5. The normalized spacial score (nSPS) is 16.2. The van der Waals surface area contributed by atoms with Crippen LogP contribution in [0.4, 0.5) is 0 Å². The van der Waals surface area contributed by atoms with Crippen LogP contribution in [0.3, 0.4) is 0 Å². The van der Waals surface area contributed by atoms with Crippen LogP contribution < -0.4 is 0 Å². The molecule has 1 fully saturated rings. The monoisotopic (exact) mass is 424 g/mol. The molecule has 9 heteroatoms. The highest BCUT2D eigenvalue weighted by Gasteiger charge is 2.39. The van der Waals surface area contributed by atoms with Crippen molar-refractivity contribution in [3.63, 3.8) is 0 Å². The van der Waals surface area contributed by atoms with E-state index in [2.05, 4.69) is 26.2 Å². The van der Waals surface area contributed by atoms with Gasteiger partial charge in [0.1, 0.15) is 9.90 Å². The van der Waals surface area contributed by atoms with Gasteiger partial charge in [-0.15, -0.1) is 16.4 Å². The third-order valence-electron chi connectivity index (χ3n) is 3.93. The Morgan fingerprint density at radius 2 is 1.88 bits per heavy atom. The average molecular weight is 425 g/mol. The highest BCUT2D eigenvalue weighted by molar-refractivity contribution is 9.11. The van der Waals surface area contributed by atoms with E-state index in [0.29, 0.717) is 17.3 Å². The van der Waals surface area contributed by atoms with E-state index in [-0.39, 0.29) is 6.04 Å². The van der Waals surface area contributed by atoms with Gasteiger partial charge in [0.2, 0.25) is 0 Å². The fraction of sp³-hybridized carbons (Fsp3) is 0.200. The second-order valence-corrected chi connectivity index (χ2v) is 10.1. The van der Waals surface area contributed by atoms with Crippen molar-refractivity contribution < 1.29 is 8.42 Å². The molecule has 4 rings (SSSR count). The van der Waals surface area contributed by atoms with Gasteiger partial charge in [-0.25, -0.2) is 13.1 Å². The molecule has 2 aromatic heterocycles. The lowest BCUT2D eigenvalue weighted by molar-refractivity contribution is 0.189. The minimum Gasteiger partial charge on any atom is -0.246 e. The fourth-order valence-electron chi connectivity index (χ4n) is 2.54. The molecule has 0 saturated carbocycles. The molecular formula is C15H13BrN4O2S2. The third kappa shape index (κ3) is 2.81. The zero-order valence-corrected chi connectivity index (χ0v) is 15.6.